The van der Waals surface area contributed by atoms with Crippen molar-refractivity contribution in [2.45, 2.75) is 44.5 Å². The number of hydrogen-bond donors (Lipinski definition) is 1. The molecule has 1 aromatic rings. The van der Waals surface area contributed by atoms with E-state index in [9.17, 15) is 14.4 Å². The first-order chi connectivity index (χ1) is 14.3. The van der Waals surface area contributed by atoms with Crippen LogP contribution in [-0.2, 0) is 14.4 Å². The lowest BCUT2D eigenvalue weighted by Gasteiger charge is -2.31. The molecule has 1 aromatic carbocycles. The van der Waals surface area contributed by atoms with E-state index in [0.29, 0.717) is 42.6 Å². The SMILES string of the molecule is CCOc1ccc(NC(=O)CN(C)C(=O)[C@@H]2CS[C@]3(C)CCC(=O)N23)cc1OCC. The third kappa shape index (κ3) is 4.50. The summed E-state index contributed by atoms with van der Waals surface area (Å²) in [5.41, 5.74) is 0.562. The fourth-order valence-electron chi connectivity index (χ4n) is 3.88. The minimum atomic E-state index is -0.511. The zero-order chi connectivity index (χ0) is 21.9. The second-order valence-electron chi connectivity index (χ2n) is 7.54. The van der Waals surface area contributed by atoms with E-state index in [4.69, 9.17) is 9.47 Å². The van der Waals surface area contributed by atoms with Crippen LogP contribution in [0.15, 0.2) is 18.2 Å². The Morgan fingerprint density at radius 1 is 1.27 bits per heavy atom. The summed E-state index contributed by atoms with van der Waals surface area (Å²) >= 11 is 1.64. The Morgan fingerprint density at radius 2 is 1.97 bits per heavy atom. The van der Waals surface area contributed by atoms with Gasteiger partial charge in [-0.1, -0.05) is 0 Å². The second kappa shape index (κ2) is 9.16. The number of fused-ring (bicyclic) bond motifs is 1. The van der Waals surface area contributed by atoms with Crippen LogP contribution in [0.4, 0.5) is 5.69 Å². The quantitative estimate of drug-likeness (QED) is 0.674. The predicted molar refractivity (Wildman–Crippen MR) is 116 cm³/mol. The molecule has 0 bridgehead atoms. The average molecular weight is 436 g/mol. The monoisotopic (exact) mass is 435 g/mol. The summed E-state index contributed by atoms with van der Waals surface area (Å²) in [7, 11) is 1.59. The maximum Gasteiger partial charge on any atom is 0.246 e. The number of nitrogens with one attached hydrogen (secondary N) is 1. The molecule has 0 aromatic heterocycles. The Bertz CT molecular complexity index is 833. The Morgan fingerprint density at radius 3 is 2.67 bits per heavy atom. The number of hydrogen-bond acceptors (Lipinski definition) is 6. The van der Waals surface area contributed by atoms with Gasteiger partial charge in [-0.15, -0.1) is 11.8 Å². The van der Waals surface area contributed by atoms with Gasteiger partial charge in [-0.3, -0.25) is 14.4 Å². The van der Waals surface area contributed by atoms with Gasteiger partial charge in [-0.25, -0.2) is 0 Å². The van der Waals surface area contributed by atoms with Gasteiger partial charge >= 0.3 is 0 Å². The highest BCUT2D eigenvalue weighted by atomic mass is 32.2. The van der Waals surface area contributed by atoms with Crippen molar-refractivity contribution in [2.24, 2.45) is 0 Å². The Kier molecular flexibility index (Phi) is 6.80. The topological polar surface area (TPSA) is 88.2 Å². The molecule has 1 N–H and O–H groups in total. The van der Waals surface area contributed by atoms with Crippen LogP contribution in [0.5, 0.6) is 11.5 Å². The van der Waals surface area contributed by atoms with E-state index < -0.39 is 6.04 Å². The molecule has 2 saturated heterocycles. The van der Waals surface area contributed by atoms with Gasteiger partial charge in [0, 0.05) is 31.0 Å². The molecule has 8 nitrogen and oxygen atoms in total. The molecular formula is C21H29N3O5S. The number of carbonyl (C=O) groups is 3. The van der Waals surface area contributed by atoms with Crippen LogP contribution in [0.1, 0.15) is 33.6 Å². The molecule has 2 aliphatic rings. The standard InChI is InChI=1S/C21H29N3O5S/c1-5-28-16-8-7-14(11-17(16)29-6-2)22-18(25)12-23(4)20(27)15-13-30-21(3)10-9-19(26)24(15)21/h7-8,11,15H,5-6,9-10,12-13H2,1-4H3,(H,22,25)/t15-,21+/m0/s1. The van der Waals surface area contributed by atoms with Gasteiger partial charge in [0.05, 0.1) is 24.6 Å². The molecule has 0 radical (unpaired) electrons. The Labute approximate surface area is 181 Å². The third-order valence-corrected chi connectivity index (χ3v) is 6.82. The summed E-state index contributed by atoms with van der Waals surface area (Å²) < 4.78 is 11.1. The molecule has 164 valence electrons. The highest BCUT2D eigenvalue weighted by Crippen LogP contribution is 2.47. The van der Waals surface area contributed by atoms with Crippen molar-refractivity contribution in [3.8, 4) is 11.5 Å². The van der Waals surface area contributed by atoms with Crippen molar-refractivity contribution < 1.29 is 23.9 Å². The lowest BCUT2D eigenvalue weighted by molar-refractivity contribution is -0.143. The van der Waals surface area contributed by atoms with Crippen LogP contribution in [0, 0.1) is 0 Å². The van der Waals surface area contributed by atoms with Gasteiger partial charge in [0.15, 0.2) is 11.5 Å². The summed E-state index contributed by atoms with van der Waals surface area (Å²) in [6.07, 6.45) is 1.22. The summed E-state index contributed by atoms with van der Waals surface area (Å²) in [5, 5.41) is 2.79. The van der Waals surface area contributed by atoms with E-state index in [-0.39, 0.29) is 29.1 Å². The average Bonchev–Trinajstić information content (AvgIpc) is 3.19. The van der Waals surface area contributed by atoms with Crippen molar-refractivity contribution in [3.63, 3.8) is 0 Å². The number of ether oxygens (including phenoxy) is 2. The molecule has 2 fully saturated rings. The number of benzene rings is 1. The number of anilines is 1. The van der Waals surface area contributed by atoms with E-state index >= 15 is 0 Å². The molecule has 0 unspecified atom stereocenters. The first-order valence-electron chi connectivity index (χ1n) is 10.2. The smallest absolute Gasteiger partial charge is 0.246 e. The molecule has 30 heavy (non-hydrogen) atoms. The molecule has 2 aliphatic heterocycles. The zero-order valence-electron chi connectivity index (χ0n) is 17.9. The first-order valence-corrected chi connectivity index (χ1v) is 11.2. The van der Waals surface area contributed by atoms with Crippen molar-refractivity contribution in [2.75, 3.05) is 37.9 Å². The third-order valence-electron chi connectivity index (χ3n) is 5.31. The summed E-state index contributed by atoms with van der Waals surface area (Å²) in [4.78, 5) is 40.5. The van der Waals surface area contributed by atoms with Crippen LogP contribution in [0.2, 0.25) is 0 Å². The van der Waals surface area contributed by atoms with Crippen molar-refractivity contribution in [1.29, 1.82) is 0 Å². The number of rotatable bonds is 8. The fraction of sp³-hybridized carbons (Fsp3) is 0.571. The molecular weight excluding hydrogens is 406 g/mol. The van der Waals surface area contributed by atoms with Crippen LogP contribution in [0.25, 0.3) is 0 Å². The molecule has 9 heteroatoms. The van der Waals surface area contributed by atoms with Crippen LogP contribution < -0.4 is 14.8 Å². The first kappa shape index (κ1) is 22.3. The highest BCUT2D eigenvalue weighted by Gasteiger charge is 2.53. The normalized spacial score (nSPS) is 22.6. The van der Waals surface area contributed by atoms with Gasteiger partial charge in [-0.2, -0.15) is 0 Å². The minimum Gasteiger partial charge on any atom is -0.490 e. The van der Waals surface area contributed by atoms with Gasteiger partial charge < -0.3 is 24.6 Å². The van der Waals surface area contributed by atoms with Crippen molar-refractivity contribution in [3.05, 3.63) is 18.2 Å². The number of thioether (sulfide) groups is 1. The number of amides is 3. The maximum absolute atomic E-state index is 12.9. The van der Waals surface area contributed by atoms with E-state index in [0.717, 1.165) is 6.42 Å². The van der Waals surface area contributed by atoms with Crippen LogP contribution in [-0.4, -0.2) is 71.0 Å². The molecule has 0 aliphatic carbocycles. The number of likely N-dealkylation sites (N-methyl/N-ethyl adjacent to an activating group) is 1. The number of nitrogens with zero attached hydrogens (tertiary/aromatic N) is 2. The van der Waals surface area contributed by atoms with E-state index in [1.807, 2.05) is 20.8 Å². The Hall–Kier alpha value is -2.42. The molecule has 2 heterocycles. The fourth-order valence-corrected chi connectivity index (χ4v) is 5.30. The van der Waals surface area contributed by atoms with Gasteiger partial charge in [0.25, 0.3) is 0 Å². The van der Waals surface area contributed by atoms with E-state index in [1.165, 1.54) is 4.90 Å². The van der Waals surface area contributed by atoms with Gasteiger partial charge in [0.1, 0.15) is 6.04 Å². The molecule has 2 atom stereocenters. The highest BCUT2D eigenvalue weighted by molar-refractivity contribution is 8.01. The largest absolute Gasteiger partial charge is 0.490 e. The predicted octanol–water partition coefficient (Wildman–Crippen LogP) is 2.33. The second-order valence-corrected chi connectivity index (χ2v) is 9.04. The summed E-state index contributed by atoms with van der Waals surface area (Å²) in [5.74, 6) is 1.20. The van der Waals surface area contributed by atoms with E-state index in [2.05, 4.69) is 5.32 Å². The zero-order valence-corrected chi connectivity index (χ0v) is 18.7. The van der Waals surface area contributed by atoms with Gasteiger partial charge in [0.2, 0.25) is 17.7 Å². The number of carbonyl (C=O) groups excluding carboxylic acids is 3. The van der Waals surface area contributed by atoms with Crippen molar-refractivity contribution in [1.82, 2.24) is 9.80 Å². The summed E-state index contributed by atoms with van der Waals surface area (Å²) in [6.45, 7) is 6.65. The Balaban J connectivity index is 1.61. The molecule has 3 amide bonds. The minimum absolute atomic E-state index is 0.0107. The maximum atomic E-state index is 12.9. The van der Waals surface area contributed by atoms with E-state index in [1.54, 1.807) is 41.9 Å². The van der Waals surface area contributed by atoms with Crippen molar-refractivity contribution >= 4 is 35.2 Å². The lowest BCUT2D eigenvalue weighted by atomic mass is 10.2. The molecule has 0 saturated carbocycles. The van der Waals surface area contributed by atoms with Crippen LogP contribution >= 0.6 is 11.8 Å². The molecule has 3 rings (SSSR count). The molecule has 0 spiro atoms. The van der Waals surface area contributed by atoms with Crippen LogP contribution in [0.3, 0.4) is 0 Å². The lowest BCUT2D eigenvalue weighted by Crippen LogP contribution is -2.51. The van der Waals surface area contributed by atoms with Gasteiger partial charge in [-0.05, 0) is 39.3 Å². The summed E-state index contributed by atoms with van der Waals surface area (Å²) in [6, 6.07) is 4.67.